The van der Waals surface area contributed by atoms with Gasteiger partial charge < -0.3 is 19.1 Å². The lowest BCUT2D eigenvalue weighted by atomic mass is 10.1. The van der Waals surface area contributed by atoms with Crippen molar-refractivity contribution in [2.45, 2.75) is 18.4 Å². The maximum absolute atomic E-state index is 9.27. The highest BCUT2D eigenvalue weighted by atomic mass is 35.5. The van der Waals surface area contributed by atoms with Crippen LogP contribution in [0.15, 0.2) is 43.0 Å². The molecule has 1 saturated heterocycles. The van der Waals surface area contributed by atoms with Gasteiger partial charge in [-0.1, -0.05) is 23.7 Å². The minimum atomic E-state index is -0.918. The summed E-state index contributed by atoms with van der Waals surface area (Å²) in [5.41, 5.74) is 0.867. The van der Waals surface area contributed by atoms with Crippen LogP contribution in [-0.4, -0.2) is 34.0 Å². The summed E-state index contributed by atoms with van der Waals surface area (Å²) in [5, 5.41) is 9.93. The Morgan fingerprint density at radius 3 is 2.80 bits per heavy atom. The van der Waals surface area contributed by atoms with Gasteiger partial charge in [0, 0.05) is 23.0 Å². The molecule has 0 amide bonds. The summed E-state index contributed by atoms with van der Waals surface area (Å²) < 4.78 is 13.7. The van der Waals surface area contributed by atoms with E-state index in [4.69, 9.17) is 21.1 Å². The maximum Gasteiger partial charge on any atom is 0.214 e. The fourth-order valence-corrected chi connectivity index (χ4v) is 2.43. The summed E-state index contributed by atoms with van der Waals surface area (Å²) in [7, 11) is 0. The monoisotopic (exact) mass is 294 g/mol. The highest BCUT2D eigenvalue weighted by Gasteiger charge is 2.43. The third kappa shape index (κ3) is 2.58. The summed E-state index contributed by atoms with van der Waals surface area (Å²) in [6.07, 6.45) is 4.93. The Kier molecular flexibility index (Phi) is 3.76. The van der Waals surface area contributed by atoms with Crippen LogP contribution in [0.4, 0.5) is 0 Å². The molecule has 1 fully saturated rings. The molecule has 5 nitrogen and oxygen atoms in total. The number of imidazole rings is 1. The lowest BCUT2D eigenvalue weighted by Gasteiger charge is -2.29. The van der Waals surface area contributed by atoms with Crippen molar-refractivity contribution in [3.05, 3.63) is 53.6 Å². The van der Waals surface area contributed by atoms with Crippen LogP contribution in [0.5, 0.6) is 0 Å². The topological polar surface area (TPSA) is 56.5 Å². The number of hydrogen-bond donors (Lipinski definition) is 1. The fraction of sp³-hybridized carbons (Fsp3) is 0.357. The minimum Gasteiger partial charge on any atom is -0.394 e. The van der Waals surface area contributed by atoms with Gasteiger partial charge in [0.1, 0.15) is 6.10 Å². The van der Waals surface area contributed by atoms with Gasteiger partial charge in [0.25, 0.3) is 0 Å². The molecule has 0 unspecified atom stereocenters. The van der Waals surface area contributed by atoms with Gasteiger partial charge in [-0.15, -0.1) is 0 Å². The van der Waals surface area contributed by atoms with E-state index in [1.807, 2.05) is 22.9 Å². The summed E-state index contributed by atoms with van der Waals surface area (Å²) in [4.78, 5) is 4.02. The van der Waals surface area contributed by atoms with E-state index in [2.05, 4.69) is 4.98 Å². The van der Waals surface area contributed by atoms with E-state index in [1.54, 1.807) is 24.7 Å². The first kappa shape index (κ1) is 13.6. The van der Waals surface area contributed by atoms with Crippen molar-refractivity contribution in [2.24, 2.45) is 0 Å². The lowest BCUT2D eigenvalue weighted by molar-refractivity contribution is -0.190. The van der Waals surface area contributed by atoms with E-state index in [-0.39, 0.29) is 12.7 Å². The van der Waals surface area contributed by atoms with E-state index >= 15 is 0 Å². The predicted octanol–water partition coefficient (Wildman–Crippen LogP) is 1.80. The van der Waals surface area contributed by atoms with Gasteiger partial charge in [0.15, 0.2) is 0 Å². The average molecular weight is 295 g/mol. The Balaban J connectivity index is 1.93. The Labute approximate surface area is 121 Å². The molecule has 1 aromatic heterocycles. The number of halogens is 1. The molecule has 1 aliphatic rings. The first-order valence-corrected chi connectivity index (χ1v) is 6.74. The standard InChI is InChI=1S/C14H15ClN2O3/c15-12-3-1-11(2-4-12)14(9-17-6-5-16-10-17)19-8-13(7-18)20-14/h1-6,10,13,18H,7-9H2/t13-,14-/m0/s1. The third-order valence-corrected chi connectivity index (χ3v) is 3.55. The Hall–Kier alpha value is -1.40. The number of hydrogen-bond acceptors (Lipinski definition) is 4. The summed E-state index contributed by atoms with van der Waals surface area (Å²) in [5.74, 6) is -0.918. The summed E-state index contributed by atoms with van der Waals surface area (Å²) in [6, 6.07) is 7.34. The van der Waals surface area contributed by atoms with Crippen LogP contribution in [0, 0.1) is 0 Å². The maximum atomic E-state index is 9.27. The molecule has 0 spiro atoms. The van der Waals surface area contributed by atoms with Gasteiger partial charge in [-0.2, -0.15) is 0 Å². The fourth-order valence-electron chi connectivity index (χ4n) is 2.30. The molecular formula is C14H15ClN2O3. The Bertz CT molecular complexity index is 558. The quantitative estimate of drug-likeness (QED) is 0.934. The van der Waals surface area contributed by atoms with E-state index in [9.17, 15) is 5.11 Å². The molecule has 2 atom stereocenters. The van der Waals surface area contributed by atoms with Crippen LogP contribution in [0.3, 0.4) is 0 Å². The van der Waals surface area contributed by atoms with Crippen LogP contribution >= 0.6 is 11.6 Å². The normalized spacial score (nSPS) is 26.0. The molecule has 0 saturated carbocycles. The highest BCUT2D eigenvalue weighted by Crippen LogP contribution is 2.36. The van der Waals surface area contributed by atoms with Crippen molar-refractivity contribution in [1.29, 1.82) is 0 Å². The van der Waals surface area contributed by atoms with Crippen LogP contribution in [0.25, 0.3) is 0 Å². The van der Waals surface area contributed by atoms with E-state index < -0.39 is 5.79 Å². The van der Waals surface area contributed by atoms with Crippen LogP contribution < -0.4 is 0 Å². The SMILES string of the molecule is OC[C@H]1CO[C@](Cn2ccnc2)(c2ccc(Cl)cc2)O1. The number of nitrogens with zero attached hydrogens (tertiary/aromatic N) is 2. The number of aliphatic hydroxyl groups excluding tert-OH is 1. The molecule has 1 aliphatic heterocycles. The highest BCUT2D eigenvalue weighted by molar-refractivity contribution is 6.30. The second-order valence-corrected chi connectivity index (χ2v) is 5.16. The second-order valence-electron chi connectivity index (χ2n) is 4.73. The molecule has 3 rings (SSSR count). The first-order chi connectivity index (χ1) is 9.72. The third-order valence-electron chi connectivity index (χ3n) is 3.30. The molecule has 6 heteroatoms. The lowest BCUT2D eigenvalue weighted by Crippen LogP contribution is -2.33. The van der Waals surface area contributed by atoms with Crippen molar-refractivity contribution in [3.8, 4) is 0 Å². The molecule has 0 aliphatic carbocycles. The van der Waals surface area contributed by atoms with Gasteiger partial charge >= 0.3 is 0 Å². The van der Waals surface area contributed by atoms with Crippen LogP contribution in [0.1, 0.15) is 5.56 Å². The molecule has 0 bridgehead atoms. The Morgan fingerprint density at radius 2 is 2.20 bits per heavy atom. The zero-order valence-electron chi connectivity index (χ0n) is 10.8. The van der Waals surface area contributed by atoms with Crippen LogP contribution in [-0.2, 0) is 21.8 Å². The first-order valence-electron chi connectivity index (χ1n) is 6.36. The molecular weight excluding hydrogens is 280 g/mol. The Morgan fingerprint density at radius 1 is 1.40 bits per heavy atom. The van der Waals surface area contributed by atoms with Crippen molar-refractivity contribution in [1.82, 2.24) is 9.55 Å². The molecule has 1 N–H and O–H groups in total. The van der Waals surface area contributed by atoms with Crippen molar-refractivity contribution < 1.29 is 14.6 Å². The van der Waals surface area contributed by atoms with Crippen molar-refractivity contribution in [2.75, 3.05) is 13.2 Å². The molecule has 1 aromatic carbocycles. The predicted molar refractivity (Wildman–Crippen MR) is 73.3 cm³/mol. The van der Waals surface area contributed by atoms with Gasteiger partial charge in [0.05, 0.1) is 26.1 Å². The average Bonchev–Trinajstić information content (AvgIpc) is 3.10. The molecule has 2 heterocycles. The molecule has 0 radical (unpaired) electrons. The van der Waals surface area contributed by atoms with Gasteiger partial charge in [0.2, 0.25) is 5.79 Å². The second kappa shape index (κ2) is 5.54. The van der Waals surface area contributed by atoms with E-state index in [0.717, 1.165) is 5.56 Å². The molecule has 2 aromatic rings. The smallest absolute Gasteiger partial charge is 0.214 e. The van der Waals surface area contributed by atoms with Gasteiger partial charge in [-0.3, -0.25) is 0 Å². The number of aromatic nitrogens is 2. The number of rotatable bonds is 4. The number of benzene rings is 1. The zero-order chi connectivity index (χ0) is 14.0. The van der Waals surface area contributed by atoms with E-state index in [1.165, 1.54) is 0 Å². The number of ether oxygens (including phenoxy) is 2. The summed E-state index contributed by atoms with van der Waals surface area (Å²) >= 11 is 5.93. The van der Waals surface area contributed by atoms with Crippen molar-refractivity contribution >= 4 is 11.6 Å². The van der Waals surface area contributed by atoms with Gasteiger partial charge in [-0.05, 0) is 12.1 Å². The largest absolute Gasteiger partial charge is 0.394 e. The summed E-state index contributed by atoms with van der Waals surface area (Å²) in [6.45, 7) is 0.748. The molecule has 20 heavy (non-hydrogen) atoms. The number of aliphatic hydroxyl groups is 1. The minimum absolute atomic E-state index is 0.0702. The van der Waals surface area contributed by atoms with E-state index in [0.29, 0.717) is 18.2 Å². The zero-order valence-corrected chi connectivity index (χ0v) is 11.5. The van der Waals surface area contributed by atoms with Crippen LogP contribution in [0.2, 0.25) is 5.02 Å². The van der Waals surface area contributed by atoms with Crippen molar-refractivity contribution in [3.63, 3.8) is 0 Å². The van der Waals surface area contributed by atoms with Gasteiger partial charge in [-0.25, -0.2) is 4.98 Å². The molecule has 106 valence electrons.